The minimum Gasteiger partial charge on any atom is -0.370 e. The maximum absolute atomic E-state index is 14.3. The van der Waals surface area contributed by atoms with E-state index in [9.17, 15) is 22.0 Å². The second-order valence-corrected chi connectivity index (χ2v) is 13.7. The van der Waals surface area contributed by atoms with Crippen LogP contribution in [0.4, 0.5) is 8.78 Å². The summed E-state index contributed by atoms with van der Waals surface area (Å²) in [4.78, 5) is 17.0. The van der Waals surface area contributed by atoms with Gasteiger partial charge < -0.3 is 15.0 Å². The molecule has 3 fully saturated rings. The number of rotatable bonds is 11. The zero-order valence-corrected chi connectivity index (χ0v) is 25.1. The third-order valence-electron chi connectivity index (χ3n) is 8.14. The van der Waals surface area contributed by atoms with Crippen LogP contribution in [0, 0.1) is 5.92 Å². The van der Waals surface area contributed by atoms with Crippen molar-refractivity contribution in [1.29, 1.82) is 0 Å². The number of piperidine rings is 1. The highest BCUT2D eigenvalue weighted by atomic mass is 79.9. The topological polar surface area (TPSA) is 82.2 Å². The second kappa shape index (κ2) is 13.7. The van der Waals surface area contributed by atoms with Gasteiger partial charge in [0.25, 0.3) is 5.92 Å². The van der Waals surface area contributed by atoms with Crippen LogP contribution in [-0.2, 0) is 26.0 Å². The first-order valence-corrected chi connectivity index (χ1v) is 16.3. The number of aryl methyl sites for hydroxylation is 1. The SMILES string of the molecule is CCc1cc(Br)ccc1S(=O)(=O)N1CCC(F)(F)C[C@H]1COCC(=O)N1CCN(CCCC2CCNC2)CC1. The molecule has 3 aliphatic rings. The first-order chi connectivity index (χ1) is 18.6. The summed E-state index contributed by atoms with van der Waals surface area (Å²) in [7, 11) is -4.02. The fourth-order valence-electron chi connectivity index (χ4n) is 5.82. The average Bonchev–Trinajstić information content (AvgIpc) is 3.42. The Balaban J connectivity index is 1.28. The van der Waals surface area contributed by atoms with E-state index in [1.165, 1.54) is 18.9 Å². The number of piperazine rings is 1. The van der Waals surface area contributed by atoms with Crippen molar-refractivity contribution in [2.75, 3.05) is 65.6 Å². The Bertz CT molecular complexity index is 1080. The summed E-state index contributed by atoms with van der Waals surface area (Å²) in [6.07, 6.45) is 2.96. The number of benzene rings is 1. The summed E-state index contributed by atoms with van der Waals surface area (Å²) >= 11 is 3.37. The number of amides is 1. The van der Waals surface area contributed by atoms with Gasteiger partial charge in [-0.25, -0.2) is 17.2 Å². The molecule has 1 unspecified atom stereocenters. The predicted octanol–water partition coefficient (Wildman–Crippen LogP) is 3.35. The summed E-state index contributed by atoms with van der Waals surface area (Å²) in [5, 5.41) is 3.40. The van der Waals surface area contributed by atoms with E-state index in [4.69, 9.17) is 4.74 Å². The largest absolute Gasteiger partial charge is 0.370 e. The van der Waals surface area contributed by atoms with Gasteiger partial charge in [0.15, 0.2) is 0 Å². The van der Waals surface area contributed by atoms with Crippen LogP contribution in [-0.4, -0.2) is 106 Å². The molecule has 1 aromatic rings. The van der Waals surface area contributed by atoms with Crippen LogP contribution in [0.2, 0.25) is 0 Å². The number of nitrogens with zero attached hydrogens (tertiary/aromatic N) is 3. The van der Waals surface area contributed by atoms with Gasteiger partial charge in [0, 0.05) is 50.0 Å². The highest BCUT2D eigenvalue weighted by molar-refractivity contribution is 9.10. The van der Waals surface area contributed by atoms with Gasteiger partial charge in [0.1, 0.15) is 6.61 Å². The van der Waals surface area contributed by atoms with Crippen molar-refractivity contribution in [2.45, 2.75) is 62.3 Å². The fraction of sp³-hybridized carbons (Fsp3) is 0.741. The summed E-state index contributed by atoms with van der Waals surface area (Å²) in [5.74, 6) is -2.39. The third kappa shape index (κ3) is 8.19. The normalized spacial score (nSPS) is 24.8. The van der Waals surface area contributed by atoms with Crippen LogP contribution in [0.25, 0.3) is 0 Å². The van der Waals surface area contributed by atoms with Gasteiger partial charge in [0.05, 0.1) is 17.5 Å². The average molecular weight is 636 g/mol. The summed E-state index contributed by atoms with van der Waals surface area (Å²) < 4.78 is 63.3. The minimum atomic E-state index is -4.02. The molecule has 39 heavy (non-hydrogen) atoms. The lowest BCUT2D eigenvalue weighted by molar-refractivity contribution is -0.139. The molecule has 8 nitrogen and oxygen atoms in total. The monoisotopic (exact) mass is 634 g/mol. The molecule has 0 bridgehead atoms. The van der Waals surface area contributed by atoms with Gasteiger partial charge in [-0.3, -0.25) is 9.69 Å². The van der Waals surface area contributed by atoms with Crippen molar-refractivity contribution in [2.24, 2.45) is 5.92 Å². The van der Waals surface area contributed by atoms with Crippen molar-refractivity contribution in [3.05, 3.63) is 28.2 Å². The van der Waals surface area contributed by atoms with Crippen LogP contribution in [0.15, 0.2) is 27.6 Å². The fourth-order valence-corrected chi connectivity index (χ4v) is 8.12. The molecule has 3 saturated heterocycles. The second-order valence-electron chi connectivity index (χ2n) is 10.9. The number of carbonyl (C=O) groups excluding carboxylic acids is 1. The molecule has 2 atom stereocenters. The number of alkyl halides is 2. The van der Waals surface area contributed by atoms with Crippen molar-refractivity contribution in [1.82, 2.24) is 19.4 Å². The highest BCUT2D eigenvalue weighted by Gasteiger charge is 2.45. The van der Waals surface area contributed by atoms with E-state index in [-0.39, 0.29) is 30.6 Å². The van der Waals surface area contributed by atoms with E-state index in [1.54, 1.807) is 17.0 Å². The van der Waals surface area contributed by atoms with Crippen LogP contribution in [0.5, 0.6) is 0 Å². The maximum atomic E-state index is 14.3. The third-order valence-corrected chi connectivity index (χ3v) is 10.7. The minimum absolute atomic E-state index is 0.122. The Morgan fingerprint density at radius 2 is 1.97 bits per heavy atom. The van der Waals surface area contributed by atoms with E-state index >= 15 is 0 Å². The number of nitrogens with one attached hydrogen (secondary N) is 1. The highest BCUT2D eigenvalue weighted by Crippen LogP contribution is 2.36. The standard InChI is InChI=1S/C27H41BrF2N4O4S/c1-2-22-16-23(28)5-6-25(22)39(36,37)34-11-8-27(29,30)17-24(34)19-38-20-26(35)33-14-12-32(13-15-33)10-3-4-21-7-9-31-18-21/h5-6,16,21,24,31H,2-4,7-15,17-20H2,1H3/t21?,24-/m0/s1. The van der Waals surface area contributed by atoms with E-state index < -0.39 is 34.8 Å². The number of hydrogen-bond donors (Lipinski definition) is 1. The smallest absolute Gasteiger partial charge is 0.251 e. The Kier molecular flexibility index (Phi) is 10.8. The maximum Gasteiger partial charge on any atom is 0.251 e. The number of carbonyl (C=O) groups is 1. The molecule has 0 spiro atoms. The molecule has 12 heteroatoms. The molecule has 3 aliphatic heterocycles. The Labute approximate surface area is 239 Å². The molecule has 0 aromatic heterocycles. The molecule has 220 valence electrons. The number of sulfonamides is 1. The first-order valence-electron chi connectivity index (χ1n) is 14.1. The van der Waals surface area contributed by atoms with Crippen LogP contribution in [0.1, 0.15) is 44.6 Å². The molecular formula is C27H41BrF2N4O4S. The van der Waals surface area contributed by atoms with E-state index in [0.29, 0.717) is 25.1 Å². The summed E-state index contributed by atoms with van der Waals surface area (Å²) in [5.41, 5.74) is 0.617. The molecule has 1 N–H and O–H groups in total. The first kappa shape index (κ1) is 30.8. The van der Waals surface area contributed by atoms with Crippen molar-refractivity contribution in [3.63, 3.8) is 0 Å². The number of ether oxygens (including phenoxy) is 1. The molecule has 0 aliphatic carbocycles. The lowest BCUT2D eigenvalue weighted by atomic mass is 10.0. The Hall–Kier alpha value is -1.18. The molecule has 0 radical (unpaired) electrons. The van der Waals surface area contributed by atoms with Gasteiger partial charge in [0.2, 0.25) is 15.9 Å². The van der Waals surface area contributed by atoms with Gasteiger partial charge >= 0.3 is 0 Å². The van der Waals surface area contributed by atoms with Gasteiger partial charge in [-0.1, -0.05) is 22.9 Å². The predicted molar refractivity (Wildman–Crippen MR) is 149 cm³/mol. The van der Waals surface area contributed by atoms with E-state index in [1.807, 2.05) is 6.92 Å². The lowest BCUT2D eigenvalue weighted by Gasteiger charge is -2.38. The summed E-state index contributed by atoms with van der Waals surface area (Å²) in [6.45, 7) is 7.16. The number of hydrogen-bond acceptors (Lipinski definition) is 6. The van der Waals surface area contributed by atoms with Crippen LogP contribution >= 0.6 is 15.9 Å². The van der Waals surface area contributed by atoms with Gasteiger partial charge in [-0.15, -0.1) is 0 Å². The van der Waals surface area contributed by atoms with Crippen LogP contribution in [0.3, 0.4) is 0 Å². The molecule has 4 rings (SSSR count). The van der Waals surface area contributed by atoms with E-state index in [2.05, 4.69) is 26.1 Å². The van der Waals surface area contributed by atoms with Crippen molar-refractivity contribution in [3.8, 4) is 0 Å². The zero-order valence-electron chi connectivity index (χ0n) is 22.7. The molecule has 3 heterocycles. The lowest BCUT2D eigenvalue weighted by Crippen LogP contribution is -2.52. The van der Waals surface area contributed by atoms with Crippen molar-refractivity contribution < 1.29 is 26.7 Å². The van der Waals surface area contributed by atoms with E-state index in [0.717, 1.165) is 53.8 Å². The molecular weight excluding hydrogens is 594 g/mol. The molecule has 0 saturated carbocycles. The Morgan fingerprint density at radius 1 is 1.21 bits per heavy atom. The van der Waals surface area contributed by atoms with Gasteiger partial charge in [-0.2, -0.15) is 4.31 Å². The Morgan fingerprint density at radius 3 is 2.67 bits per heavy atom. The number of halogens is 3. The van der Waals surface area contributed by atoms with Crippen LogP contribution < -0.4 is 5.32 Å². The van der Waals surface area contributed by atoms with Crippen molar-refractivity contribution >= 4 is 31.9 Å². The molecule has 1 amide bonds. The molecule has 1 aromatic carbocycles. The zero-order chi connectivity index (χ0) is 28.0. The summed E-state index contributed by atoms with van der Waals surface area (Å²) in [6, 6.07) is 3.84. The van der Waals surface area contributed by atoms with Gasteiger partial charge in [-0.05, 0) is 75.0 Å². The quantitative estimate of drug-likeness (QED) is 0.402.